The van der Waals surface area contributed by atoms with Gasteiger partial charge in [-0.1, -0.05) is 37.7 Å². The molecule has 0 aliphatic rings. The topological polar surface area (TPSA) is 35.2 Å². The van der Waals surface area contributed by atoms with Crippen LogP contribution in [0.2, 0.25) is 5.02 Å². The highest BCUT2D eigenvalue weighted by atomic mass is 35.5. The number of rotatable bonds is 6. The van der Waals surface area contributed by atoms with Crippen LogP contribution in [-0.4, -0.2) is 12.1 Å². The molecule has 2 nitrogen and oxygen atoms in total. The number of hydrogen-bond acceptors (Lipinski definition) is 2. The molecule has 0 heterocycles. The normalized spacial score (nSPS) is 10.7. The SMILES string of the molecule is COc1c(CCCC(N)=S)cc(Cl)cc1C(C)C. The third-order valence-electron chi connectivity index (χ3n) is 2.85. The van der Waals surface area contributed by atoms with Crippen molar-refractivity contribution in [2.24, 2.45) is 5.73 Å². The summed E-state index contributed by atoms with van der Waals surface area (Å²) in [4.78, 5) is 0.556. The van der Waals surface area contributed by atoms with E-state index in [4.69, 9.17) is 34.3 Å². The van der Waals surface area contributed by atoms with Crippen LogP contribution < -0.4 is 10.5 Å². The van der Waals surface area contributed by atoms with Crippen molar-refractivity contribution in [3.05, 3.63) is 28.3 Å². The fraction of sp³-hybridized carbons (Fsp3) is 0.500. The first kappa shape index (κ1) is 15.3. The smallest absolute Gasteiger partial charge is 0.125 e. The summed E-state index contributed by atoms with van der Waals surface area (Å²) in [5.41, 5.74) is 7.79. The molecule has 0 bridgehead atoms. The monoisotopic (exact) mass is 285 g/mol. The molecule has 0 unspecified atom stereocenters. The number of thiocarbonyl (C=S) groups is 1. The van der Waals surface area contributed by atoms with Crippen LogP contribution in [0.1, 0.15) is 43.7 Å². The Morgan fingerprint density at radius 1 is 1.44 bits per heavy atom. The molecule has 0 saturated heterocycles. The summed E-state index contributed by atoms with van der Waals surface area (Å²) in [5.74, 6) is 1.32. The largest absolute Gasteiger partial charge is 0.496 e. The molecule has 0 saturated carbocycles. The maximum atomic E-state index is 6.16. The fourth-order valence-corrected chi connectivity index (χ4v) is 2.38. The number of hydrogen-bond donors (Lipinski definition) is 1. The maximum absolute atomic E-state index is 6.16. The van der Waals surface area contributed by atoms with Crippen LogP contribution in [0.3, 0.4) is 0 Å². The Balaban J connectivity index is 2.98. The first-order valence-electron chi connectivity index (χ1n) is 6.10. The number of halogens is 1. The van der Waals surface area contributed by atoms with Gasteiger partial charge in [0.2, 0.25) is 0 Å². The number of nitrogens with two attached hydrogens (primary N) is 1. The van der Waals surface area contributed by atoms with E-state index < -0.39 is 0 Å². The Morgan fingerprint density at radius 2 is 2.11 bits per heavy atom. The van der Waals surface area contributed by atoms with Gasteiger partial charge < -0.3 is 10.5 Å². The van der Waals surface area contributed by atoms with E-state index in [-0.39, 0.29) is 0 Å². The number of aryl methyl sites for hydroxylation is 1. The molecule has 0 atom stereocenters. The third kappa shape index (κ3) is 4.14. The lowest BCUT2D eigenvalue weighted by molar-refractivity contribution is 0.402. The molecule has 1 aromatic carbocycles. The Bertz CT molecular complexity index is 432. The minimum Gasteiger partial charge on any atom is -0.496 e. The highest BCUT2D eigenvalue weighted by Crippen LogP contribution is 2.34. The van der Waals surface area contributed by atoms with E-state index in [2.05, 4.69) is 13.8 Å². The number of benzene rings is 1. The highest BCUT2D eigenvalue weighted by Gasteiger charge is 2.13. The zero-order chi connectivity index (χ0) is 13.7. The summed E-state index contributed by atoms with van der Waals surface area (Å²) in [6.45, 7) is 4.26. The second-order valence-corrected chi connectivity index (χ2v) is 5.62. The van der Waals surface area contributed by atoms with Gasteiger partial charge in [0.05, 0.1) is 12.1 Å². The quantitative estimate of drug-likeness (QED) is 0.800. The van der Waals surface area contributed by atoms with Gasteiger partial charge in [-0.3, -0.25) is 0 Å². The van der Waals surface area contributed by atoms with Gasteiger partial charge in [-0.2, -0.15) is 0 Å². The summed E-state index contributed by atoms with van der Waals surface area (Å²) in [5, 5.41) is 0.754. The molecule has 1 rings (SSSR count). The van der Waals surface area contributed by atoms with Gasteiger partial charge in [0.1, 0.15) is 5.75 Å². The Hall–Kier alpha value is -0.800. The molecule has 0 spiro atoms. The summed E-state index contributed by atoms with van der Waals surface area (Å²) in [6, 6.07) is 3.94. The minimum absolute atomic E-state index is 0.382. The Morgan fingerprint density at radius 3 is 2.61 bits per heavy atom. The zero-order valence-electron chi connectivity index (χ0n) is 11.1. The molecule has 4 heteroatoms. The van der Waals surface area contributed by atoms with Crippen LogP contribution in [0.4, 0.5) is 0 Å². The van der Waals surface area contributed by atoms with Crippen LogP contribution in [0, 0.1) is 0 Å². The minimum atomic E-state index is 0.382. The Kier molecular flexibility index (Phi) is 5.89. The Labute approximate surface area is 119 Å². The predicted molar refractivity (Wildman–Crippen MR) is 81.8 cm³/mol. The molecule has 0 aliphatic carbocycles. The van der Waals surface area contributed by atoms with Crippen molar-refractivity contribution in [2.45, 2.75) is 39.0 Å². The van der Waals surface area contributed by atoms with Crippen molar-refractivity contribution in [1.29, 1.82) is 0 Å². The molecule has 1 aromatic rings. The maximum Gasteiger partial charge on any atom is 0.125 e. The van der Waals surface area contributed by atoms with E-state index in [0.29, 0.717) is 10.9 Å². The first-order chi connectivity index (χ1) is 8.45. The predicted octanol–water partition coefficient (Wildman–Crippen LogP) is 4.08. The van der Waals surface area contributed by atoms with E-state index in [0.717, 1.165) is 41.2 Å². The first-order valence-corrected chi connectivity index (χ1v) is 6.89. The van der Waals surface area contributed by atoms with Crippen molar-refractivity contribution in [3.63, 3.8) is 0 Å². The lowest BCUT2D eigenvalue weighted by atomic mass is 9.96. The van der Waals surface area contributed by atoms with Crippen molar-refractivity contribution in [1.82, 2.24) is 0 Å². The van der Waals surface area contributed by atoms with Gasteiger partial charge in [0, 0.05) is 5.02 Å². The highest BCUT2D eigenvalue weighted by molar-refractivity contribution is 7.80. The molecule has 0 aromatic heterocycles. The lowest BCUT2D eigenvalue weighted by Crippen LogP contribution is -2.08. The average molecular weight is 286 g/mol. The van der Waals surface area contributed by atoms with E-state index in [9.17, 15) is 0 Å². The summed E-state index contributed by atoms with van der Waals surface area (Å²) in [7, 11) is 1.70. The molecule has 100 valence electrons. The van der Waals surface area contributed by atoms with Crippen LogP contribution >= 0.6 is 23.8 Å². The van der Waals surface area contributed by atoms with Crippen LogP contribution in [0.5, 0.6) is 5.75 Å². The zero-order valence-corrected chi connectivity index (χ0v) is 12.7. The van der Waals surface area contributed by atoms with Gasteiger partial charge in [-0.25, -0.2) is 0 Å². The summed E-state index contributed by atoms with van der Waals surface area (Å²) in [6.07, 6.45) is 2.55. The molecule has 18 heavy (non-hydrogen) atoms. The second-order valence-electron chi connectivity index (χ2n) is 4.66. The molecular formula is C14H20ClNOS. The van der Waals surface area contributed by atoms with Crippen LogP contribution in [0.15, 0.2) is 12.1 Å². The molecule has 0 aliphatic heterocycles. The van der Waals surface area contributed by atoms with Crippen LogP contribution in [-0.2, 0) is 6.42 Å². The summed E-state index contributed by atoms with van der Waals surface area (Å²) >= 11 is 11.0. The van der Waals surface area contributed by atoms with Crippen molar-refractivity contribution >= 4 is 28.8 Å². The van der Waals surface area contributed by atoms with E-state index in [1.165, 1.54) is 0 Å². The van der Waals surface area contributed by atoms with Gasteiger partial charge in [-0.15, -0.1) is 0 Å². The summed E-state index contributed by atoms with van der Waals surface area (Å²) < 4.78 is 5.53. The van der Waals surface area contributed by atoms with Gasteiger partial charge in [0.15, 0.2) is 0 Å². The number of methoxy groups -OCH3 is 1. The van der Waals surface area contributed by atoms with E-state index in [1.54, 1.807) is 7.11 Å². The lowest BCUT2D eigenvalue weighted by Gasteiger charge is -2.16. The standard InChI is InChI=1S/C14H20ClNOS/c1-9(2)12-8-11(15)7-10(14(12)17-3)5-4-6-13(16)18/h7-9H,4-6H2,1-3H3,(H2,16,18). The molecular weight excluding hydrogens is 266 g/mol. The molecule has 0 fully saturated rings. The van der Waals surface area contributed by atoms with Crippen molar-refractivity contribution < 1.29 is 4.74 Å². The number of ether oxygens (including phenoxy) is 1. The molecule has 0 radical (unpaired) electrons. The average Bonchev–Trinajstić information content (AvgIpc) is 2.27. The van der Waals surface area contributed by atoms with Gasteiger partial charge in [0.25, 0.3) is 0 Å². The van der Waals surface area contributed by atoms with Crippen molar-refractivity contribution in [2.75, 3.05) is 7.11 Å². The van der Waals surface area contributed by atoms with Crippen molar-refractivity contribution in [3.8, 4) is 5.75 Å². The second kappa shape index (κ2) is 6.95. The van der Waals surface area contributed by atoms with Gasteiger partial charge >= 0.3 is 0 Å². The fourth-order valence-electron chi connectivity index (χ4n) is 1.99. The van der Waals surface area contributed by atoms with Gasteiger partial charge in [-0.05, 0) is 48.4 Å². The third-order valence-corrected chi connectivity index (χ3v) is 3.28. The molecule has 2 N–H and O–H groups in total. The van der Waals surface area contributed by atoms with E-state index in [1.807, 2.05) is 12.1 Å². The van der Waals surface area contributed by atoms with E-state index >= 15 is 0 Å². The molecule has 0 amide bonds. The van der Waals surface area contributed by atoms with Crippen LogP contribution in [0.25, 0.3) is 0 Å².